The molecule has 5 rings (SSSR count). The van der Waals surface area contributed by atoms with Crippen LogP contribution < -0.4 is 15.4 Å². The lowest BCUT2D eigenvalue weighted by molar-refractivity contribution is -0.176. The number of halogens is 4. The van der Waals surface area contributed by atoms with E-state index < -0.39 is 90.3 Å². The monoisotopic (exact) mass is 790 g/mol. The summed E-state index contributed by atoms with van der Waals surface area (Å²) in [6.45, 7) is -0.944. The van der Waals surface area contributed by atoms with E-state index in [1.54, 1.807) is 12.1 Å². The van der Waals surface area contributed by atoms with Gasteiger partial charge in [0, 0.05) is 36.0 Å². The zero-order valence-corrected chi connectivity index (χ0v) is 29.5. The number of aliphatic carboxylic acids is 2. The molecule has 4 N–H and O–H groups in total. The average Bonchev–Trinajstić information content (AvgIpc) is 3.54. The lowest BCUT2D eigenvalue weighted by Gasteiger charge is -2.43. The number of benzene rings is 2. The third kappa shape index (κ3) is 9.97. The highest BCUT2D eigenvalue weighted by molar-refractivity contribution is 6.30. The van der Waals surface area contributed by atoms with Gasteiger partial charge in [-0.2, -0.15) is 18.3 Å². The number of nitrogens with one attached hydrogen (secondary N) is 2. The number of hydrogen-bond acceptors (Lipinski definition) is 9. The van der Waals surface area contributed by atoms with Gasteiger partial charge in [0.2, 0.25) is 17.7 Å². The van der Waals surface area contributed by atoms with Gasteiger partial charge in [-0.3, -0.25) is 38.6 Å². The van der Waals surface area contributed by atoms with Crippen molar-refractivity contribution >= 4 is 53.0 Å². The molecule has 55 heavy (non-hydrogen) atoms. The molecule has 2 aliphatic heterocycles. The fraction of sp³-hybridized carbons (Fsp3) is 0.371. The topological polar surface area (TPSA) is 218 Å². The summed E-state index contributed by atoms with van der Waals surface area (Å²) < 4.78 is 46.8. The van der Waals surface area contributed by atoms with Gasteiger partial charge in [0.15, 0.2) is 18.1 Å². The van der Waals surface area contributed by atoms with Gasteiger partial charge in [-0.25, -0.2) is 9.69 Å². The van der Waals surface area contributed by atoms with E-state index in [4.69, 9.17) is 21.4 Å². The summed E-state index contributed by atoms with van der Waals surface area (Å²) in [6.07, 6.45) is -5.77. The van der Waals surface area contributed by atoms with Gasteiger partial charge in [0.25, 0.3) is 11.8 Å². The van der Waals surface area contributed by atoms with Crippen LogP contribution in [0, 0.1) is 0 Å². The van der Waals surface area contributed by atoms with Gasteiger partial charge in [-0.1, -0.05) is 23.7 Å². The summed E-state index contributed by atoms with van der Waals surface area (Å²) in [5.41, 5.74) is -0.439. The molecule has 2 unspecified atom stereocenters. The van der Waals surface area contributed by atoms with Crippen LogP contribution in [-0.4, -0.2) is 103 Å². The minimum Gasteiger partial charge on any atom is -0.481 e. The van der Waals surface area contributed by atoms with E-state index in [-0.39, 0.29) is 61.3 Å². The lowest BCUT2D eigenvalue weighted by atomic mass is 10.0. The summed E-state index contributed by atoms with van der Waals surface area (Å²) in [6, 6.07) is 7.58. The van der Waals surface area contributed by atoms with Crippen molar-refractivity contribution in [1.82, 2.24) is 30.4 Å². The van der Waals surface area contributed by atoms with E-state index in [1.165, 1.54) is 36.4 Å². The molecule has 1 aromatic heterocycles. The van der Waals surface area contributed by atoms with Gasteiger partial charge in [0.05, 0.1) is 12.1 Å². The quantitative estimate of drug-likeness (QED) is 0.186. The number of amides is 4. The van der Waals surface area contributed by atoms with Crippen LogP contribution >= 0.6 is 11.6 Å². The van der Waals surface area contributed by atoms with E-state index in [9.17, 15) is 51.8 Å². The first-order valence-corrected chi connectivity index (χ1v) is 17.3. The van der Waals surface area contributed by atoms with Crippen molar-refractivity contribution < 1.29 is 61.7 Å². The number of aromatic nitrogens is 2. The van der Waals surface area contributed by atoms with Crippen LogP contribution in [0.1, 0.15) is 60.1 Å². The van der Waals surface area contributed by atoms with Gasteiger partial charge in [-0.15, -0.1) is 0 Å². The molecule has 3 aromatic rings. The molecule has 0 bridgehead atoms. The number of nitrogens with zero attached hydrogens (tertiary/aromatic N) is 4. The molecule has 16 nitrogen and oxygen atoms in total. The highest BCUT2D eigenvalue weighted by Crippen LogP contribution is 2.32. The minimum atomic E-state index is -4.89. The summed E-state index contributed by atoms with van der Waals surface area (Å²) in [4.78, 5) is 89.9. The molecule has 0 saturated carbocycles. The molecule has 3 atom stereocenters. The molecule has 292 valence electrons. The summed E-state index contributed by atoms with van der Waals surface area (Å²) in [5, 5.41) is 29.1. The first kappa shape index (κ1) is 40.2. The largest absolute Gasteiger partial charge is 0.481 e. The number of Topliss-reactive ketones (excluding diaryl/α,β-unsaturated/α-hetero) is 1. The number of carboxylic acid groups (broad SMARTS) is 2. The number of ketones is 1. The molecule has 4 amide bonds. The third-order valence-electron chi connectivity index (χ3n) is 8.80. The van der Waals surface area contributed by atoms with Crippen molar-refractivity contribution in [2.75, 3.05) is 13.2 Å². The summed E-state index contributed by atoms with van der Waals surface area (Å²) in [5.74, 6) is -7.08. The first-order chi connectivity index (χ1) is 26.0. The second-order valence-electron chi connectivity index (χ2n) is 12.7. The normalized spacial score (nSPS) is 17.8. The van der Waals surface area contributed by atoms with E-state index in [0.717, 1.165) is 14.7 Å². The van der Waals surface area contributed by atoms with Crippen LogP contribution in [0.4, 0.5) is 13.2 Å². The van der Waals surface area contributed by atoms with E-state index >= 15 is 0 Å². The Balaban J connectivity index is 1.31. The maximum atomic E-state index is 13.9. The van der Waals surface area contributed by atoms with Crippen molar-refractivity contribution in [3.8, 4) is 11.6 Å². The number of ether oxygens (including phenoxy) is 1. The number of carbonyl (C=O) groups is 7. The second kappa shape index (κ2) is 17.0. The highest BCUT2D eigenvalue weighted by atomic mass is 35.5. The molecule has 0 radical (unpaired) electrons. The number of carboxylic acids is 2. The molecule has 3 heterocycles. The fourth-order valence-corrected chi connectivity index (χ4v) is 6.15. The Morgan fingerprint density at radius 1 is 0.982 bits per heavy atom. The number of alkyl halides is 3. The zero-order valence-electron chi connectivity index (χ0n) is 28.8. The molecule has 2 fully saturated rings. The number of carbonyl (C=O) groups excluding carboxylic acids is 5. The highest BCUT2D eigenvalue weighted by Gasteiger charge is 2.45. The third-order valence-corrected chi connectivity index (χ3v) is 9.05. The van der Waals surface area contributed by atoms with Crippen LogP contribution in [0.2, 0.25) is 5.02 Å². The Hall–Kier alpha value is -5.98. The van der Waals surface area contributed by atoms with Crippen LogP contribution in [0.15, 0.2) is 54.6 Å². The second-order valence-corrected chi connectivity index (χ2v) is 13.1. The van der Waals surface area contributed by atoms with Crippen molar-refractivity contribution in [3.63, 3.8) is 0 Å². The van der Waals surface area contributed by atoms with Crippen molar-refractivity contribution in [1.29, 1.82) is 0 Å². The SMILES string of the molecule is O=C(O)CCc1ccc(C(=O)NC2CCC(=O)N3CCCC(C(=O)N[C@@H](CC(=O)O)C(=O)COc4cc(C(F)(F)F)nn4-c4ccc(Cl)cc4)N3C2=O)cc1. The fourth-order valence-electron chi connectivity index (χ4n) is 6.03. The number of hydrogen-bond donors (Lipinski definition) is 4. The Bertz CT molecular complexity index is 1970. The van der Waals surface area contributed by atoms with E-state index in [2.05, 4.69) is 15.7 Å². The number of aryl methyl sites for hydroxylation is 1. The van der Waals surface area contributed by atoms with Gasteiger partial charge in [-0.05, 0) is 67.6 Å². The minimum absolute atomic E-state index is 0.00912. The molecule has 0 aliphatic carbocycles. The van der Waals surface area contributed by atoms with Crippen LogP contribution in [0.25, 0.3) is 5.69 Å². The van der Waals surface area contributed by atoms with Crippen LogP contribution in [-0.2, 0) is 41.4 Å². The van der Waals surface area contributed by atoms with Gasteiger partial charge < -0.3 is 25.6 Å². The predicted octanol–water partition coefficient (Wildman–Crippen LogP) is 2.80. The molecule has 2 saturated heterocycles. The first-order valence-electron chi connectivity index (χ1n) is 16.9. The molecular weight excluding hydrogens is 757 g/mol. The van der Waals surface area contributed by atoms with Crippen LogP contribution in [0.3, 0.4) is 0 Å². The summed E-state index contributed by atoms with van der Waals surface area (Å²) in [7, 11) is 0. The Labute approximate surface area is 315 Å². The molecular formula is C35H34ClF3N6O10. The molecule has 0 spiro atoms. The maximum Gasteiger partial charge on any atom is 0.435 e. The zero-order chi connectivity index (χ0) is 40.0. The number of fused-ring (bicyclic) bond motifs is 1. The predicted molar refractivity (Wildman–Crippen MR) is 183 cm³/mol. The molecule has 2 aliphatic rings. The standard InChI is InChI=1S/C35H34ClF3N6O10/c36-21-8-10-22(11-9-21)44-29(17-27(42-44)35(37,38)39)55-18-26(46)24(16-31(50)51)41-33(53)25-2-1-15-43-28(47)13-12-23(34(54)45(25)43)40-32(52)20-6-3-19(4-7-20)5-14-30(48)49/h3-4,6-11,17,23-25H,1-2,5,12-16,18H2,(H,40,52)(H,41,53)(H,48,49)(H,50,51)/t23?,24-,25?/m0/s1. The van der Waals surface area contributed by atoms with Crippen molar-refractivity contribution in [2.45, 2.75) is 69.2 Å². The van der Waals surface area contributed by atoms with Crippen LogP contribution in [0.5, 0.6) is 5.88 Å². The number of hydrazine groups is 1. The Morgan fingerprint density at radius 2 is 1.67 bits per heavy atom. The van der Waals surface area contributed by atoms with E-state index in [0.29, 0.717) is 11.6 Å². The lowest BCUT2D eigenvalue weighted by Crippen LogP contribution is -2.64. The summed E-state index contributed by atoms with van der Waals surface area (Å²) >= 11 is 5.89. The average molecular weight is 791 g/mol. The maximum absolute atomic E-state index is 13.9. The Kier molecular flexibility index (Phi) is 12.4. The van der Waals surface area contributed by atoms with Gasteiger partial charge in [0.1, 0.15) is 18.1 Å². The van der Waals surface area contributed by atoms with Gasteiger partial charge >= 0.3 is 18.1 Å². The van der Waals surface area contributed by atoms with Crippen molar-refractivity contribution in [2.24, 2.45) is 0 Å². The molecule has 2 aromatic carbocycles. The number of rotatable bonds is 14. The van der Waals surface area contributed by atoms with Crippen molar-refractivity contribution in [3.05, 3.63) is 76.4 Å². The Morgan fingerprint density at radius 3 is 2.31 bits per heavy atom. The molecule has 20 heteroatoms. The van der Waals surface area contributed by atoms with E-state index in [1.807, 2.05) is 0 Å². The smallest absolute Gasteiger partial charge is 0.435 e.